The first kappa shape index (κ1) is 17.7. The van der Waals surface area contributed by atoms with E-state index in [9.17, 15) is 14.0 Å². The van der Waals surface area contributed by atoms with Crippen molar-refractivity contribution < 1.29 is 23.5 Å². The second-order valence-electron chi connectivity index (χ2n) is 4.08. The van der Waals surface area contributed by atoms with Gasteiger partial charge in [0, 0.05) is 18.9 Å². The van der Waals surface area contributed by atoms with Gasteiger partial charge in [-0.1, -0.05) is 29.8 Å². The molecule has 22 heavy (non-hydrogen) atoms. The van der Waals surface area contributed by atoms with Gasteiger partial charge in [0.2, 0.25) is 0 Å². The molecular weight excluding hydrogens is 311 g/mol. The summed E-state index contributed by atoms with van der Waals surface area (Å²) in [5.41, 5.74) is 0. The van der Waals surface area contributed by atoms with Crippen LogP contribution in [0.15, 0.2) is 48.5 Å². The molecule has 4 nitrogen and oxygen atoms in total. The van der Waals surface area contributed by atoms with Crippen LogP contribution >= 0.6 is 11.6 Å². The zero-order valence-corrected chi connectivity index (χ0v) is 12.8. The van der Waals surface area contributed by atoms with Crippen molar-refractivity contribution in [2.24, 2.45) is 0 Å². The average Bonchev–Trinajstić information content (AvgIpc) is 2.41. The van der Waals surface area contributed by atoms with E-state index >= 15 is 0 Å². The van der Waals surface area contributed by atoms with E-state index in [-0.39, 0.29) is 11.7 Å². The van der Waals surface area contributed by atoms with Crippen LogP contribution in [0.1, 0.15) is 13.8 Å². The first-order chi connectivity index (χ1) is 10.4. The molecule has 0 saturated carbocycles. The fourth-order valence-corrected chi connectivity index (χ4v) is 1.56. The highest BCUT2D eigenvalue weighted by Gasteiger charge is 2.02. The van der Waals surface area contributed by atoms with Crippen LogP contribution < -0.4 is 9.47 Å². The van der Waals surface area contributed by atoms with Gasteiger partial charge in [0.1, 0.15) is 5.75 Å². The van der Waals surface area contributed by atoms with Crippen LogP contribution in [0.3, 0.4) is 0 Å². The molecule has 2 aromatic rings. The Balaban J connectivity index is 0.000000220. The van der Waals surface area contributed by atoms with Gasteiger partial charge in [-0.3, -0.25) is 9.59 Å². The SMILES string of the molecule is CC(=O)Oc1cccc(Cl)c1.CC(=O)Oc1ccccc1F. The lowest BCUT2D eigenvalue weighted by molar-refractivity contribution is -0.132. The minimum atomic E-state index is -0.525. The van der Waals surface area contributed by atoms with E-state index in [0.717, 1.165) is 0 Å². The molecule has 0 bridgehead atoms. The average molecular weight is 325 g/mol. The molecule has 0 saturated heterocycles. The van der Waals surface area contributed by atoms with E-state index in [2.05, 4.69) is 4.74 Å². The predicted octanol–water partition coefficient (Wildman–Crippen LogP) is 4.02. The van der Waals surface area contributed by atoms with Crippen molar-refractivity contribution in [1.82, 2.24) is 0 Å². The summed E-state index contributed by atoms with van der Waals surface area (Å²) >= 11 is 5.64. The Labute approximate surface area is 132 Å². The molecule has 0 aliphatic heterocycles. The first-order valence-corrected chi connectivity index (χ1v) is 6.63. The summed E-state index contributed by atoms with van der Waals surface area (Å²) in [7, 11) is 0. The zero-order valence-electron chi connectivity index (χ0n) is 12.0. The molecule has 0 fully saturated rings. The van der Waals surface area contributed by atoms with Crippen LogP contribution in [-0.2, 0) is 9.59 Å². The fraction of sp³-hybridized carbons (Fsp3) is 0.125. The summed E-state index contributed by atoms with van der Waals surface area (Å²) in [6.45, 7) is 2.58. The number of benzene rings is 2. The van der Waals surface area contributed by atoms with E-state index < -0.39 is 11.8 Å². The fourth-order valence-electron chi connectivity index (χ4n) is 1.38. The molecular formula is C16H14ClFO4. The Morgan fingerprint density at radius 2 is 1.59 bits per heavy atom. The van der Waals surface area contributed by atoms with Gasteiger partial charge >= 0.3 is 11.9 Å². The number of carbonyl (C=O) groups excluding carboxylic acids is 2. The molecule has 0 N–H and O–H groups in total. The normalized spacial score (nSPS) is 9.27. The van der Waals surface area contributed by atoms with Crippen molar-refractivity contribution >= 4 is 23.5 Å². The molecule has 0 aromatic heterocycles. The minimum Gasteiger partial charge on any atom is -0.427 e. The Morgan fingerprint density at radius 1 is 0.955 bits per heavy atom. The van der Waals surface area contributed by atoms with Crippen LogP contribution in [0.25, 0.3) is 0 Å². The molecule has 0 heterocycles. The van der Waals surface area contributed by atoms with E-state index in [0.29, 0.717) is 10.8 Å². The van der Waals surface area contributed by atoms with Gasteiger partial charge in [-0.25, -0.2) is 4.39 Å². The third-order valence-corrected chi connectivity index (χ3v) is 2.38. The molecule has 0 amide bonds. The minimum absolute atomic E-state index is 0.0278. The maximum atomic E-state index is 12.7. The molecule has 0 unspecified atom stereocenters. The first-order valence-electron chi connectivity index (χ1n) is 6.25. The number of hydrogen-bond donors (Lipinski definition) is 0. The molecule has 2 aromatic carbocycles. The largest absolute Gasteiger partial charge is 0.427 e. The molecule has 116 valence electrons. The van der Waals surface area contributed by atoms with Crippen molar-refractivity contribution in [3.05, 3.63) is 59.4 Å². The van der Waals surface area contributed by atoms with Gasteiger partial charge in [0.05, 0.1) is 0 Å². The summed E-state index contributed by atoms with van der Waals surface area (Å²) in [4.78, 5) is 20.8. The van der Waals surface area contributed by atoms with Crippen LogP contribution in [0.4, 0.5) is 4.39 Å². The van der Waals surface area contributed by atoms with E-state index in [1.54, 1.807) is 30.3 Å². The van der Waals surface area contributed by atoms with Crippen molar-refractivity contribution in [2.45, 2.75) is 13.8 Å². The van der Waals surface area contributed by atoms with Gasteiger partial charge in [-0.05, 0) is 30.3 Å². The monoisotopic (exact) mass is 324 g/mol. The second-order valence-corrected chi connectivity index (χ2v) is 4.51. The lowest BCUT2D eigenvalue weighted by atomic mass is 10.3. The standard InChI is InChI=1S/C8H7ClO2.C8H7FO2/c1-6(10)11-8-4-2-3-7(9)5-8;1-6(10)11-8-5-3-2-4-7(8)9/h2*2-5H,1H3. The van der Waals surface area contributed by atoms with Gasteiger partial charge in [0.15, 0.2) is 11.6 Å². The van der Waals surface area contributed by atoms with Crippen LogP contribution in [0, 0.1) is 5.82 Å². The molecule has 6 heteroatoms. The topological polar surface area (TPSA) is 52.6 Å². The molecule has 0 atom stereocenters. The Hall–Kier alpha value is -2.40. The molecule has 0 aliphatic rings. The Kier molecular flexibility index (Phi) is 7.05. The predicted molar refractivity (Wildman–Crippen MR) is 80.5 cm³/mol. The number of hydrogen-bond acceptors (Lipinski definition) is 4. The second kappa shape index (κ2) is 8.79. The van der Waals surface area contributed by atoms with Crippen molar-refractivity contribution in [1.29, 1.82) is 0 Å². The van der Waals surface area contributed by atoms with Gasteiger partial charge in [0.25, 0.3) is 0 Å². The highest BCUT2D eigenvalue weighted by Crippen LogP contribution is 2.17. The number of ether oxygens (including phenoxy) is 2. The van der Waals surface area contributed by atoms with Crippen LogP contribution in [-0.4, -0.2) is 11.9 Å². The zero-order chi connectivity index (χ0) is 16.5. The number of para-hydroxylation sites is 1. The van der Waals surface area contributed by atoms with Crippen LogP contribution in [0.5, 0.6) is 11.5 Å². The molecule has 0 radical (unpaired) electrons. The van der Waals surface area contributed by atoms with E-state index in [1.807, 2.05) is 0 Å². The number of carbonyl (C=O) groups is 2. The summed E-state index contributed by atoms with van der Waals surface area (Å²) in [6.07, 6.45) is 0. The van der Waals surface area contributed by atoms with E-state index in [4.69, 9.17) is 16.3 Å². The lowest BCUT2D eigenvalue weighted by Crippen LogP contribution is -2.02. The number of esters is 2. The molecule has 2 rings (SSSR count). The molecule has 0 spiro atoms. The van der Waals surface area contributed by atoms with E-state index in [1.165, 1.54) is 32.0 Å². The van der Waals surface area contributed by atoms with Crippen molar-refractivity contribution in [2.75, 3.05) is 0 Å². The van der Waals surface area contributed by atoms with Gasteiger partial charge in [-0.2, -0.15) is 0 Å². The van der Waals surface area contributed by atoms with Gasteiger partial charge < -0.3 is 9.47 Å². The Bertz CT molecular complexity index is 658. The number of halogens is 2. The lowest BCUT2D eigenvalue weighted by Gasteiger charge is -2.00. The summed E-state index contributed by atoms with van der Waals surface area (Å²) in [5, 5.41) is 0.559. The molecule has 0 aliphatic carbocycles. The van der Waals surface area contributed by atoms with Crippen molar-refractivity contribution in [3.8, 4) is 11.5 Å². The highest BCUT2D eigenvalue weighted by atomic mass is 35.5. The summed E-state index contributed by atoms with van der Waals surface area (Å²) < 4.78 is 22.0. The third-order valence-electron chi connectivity index (χ3n) is 2.15. The summed E-state index contributed by atoms with van der Waals surface area (Å²) in [5.74, 6) is -0.935. The maximum absolute atomic E-state index is 12.7. The number of rotatable bonds is 2. The van der Waals surface area contributed by atoms with Crippen LogP contribution in [0.2, 0.25) is 5.02 Å². The smallest absolute Gasteiger partial charge is 0.308 e. The summed E-state index contributed by atoms with van der Waals surface area (Å²) in [6, 6.07) is 12.5. The van der Waals surface area contributed by atoms with Crippen molar-refractivity contribution in [3.63, 3.8) is 0 Å². The Morgan fingerprint density at radius 3 is 2.14 bits per heavy atom. The maximum Gasteiger partial charge on any atom is 0.308 e. The van der Waals surface area contributed by atoms with Gasteiger partial charge in [-0.15, -0.1) is 0 Å². The third kappa shape index (κ3) is 6.85. The quantitative estimate of drug-likeness (QED) is 0.618. The highest BCUT2D eigenvalue weighted by molar-refractivity contribution is 6.30.